The van der Waals surface area contributed by atoms with Gasteiger partial charge in [0.2, 0.25) is 0 Å². The molecular formula is C18H24ClN3O3S2. The zero-order chi connectivity index (χ0) is 18.7. The summed E-state index contributed by atoms with van der Waals surface area (Å²) in [6.45, 7) is 3.36. The highest BCUT2D eigenvalue weighted by Crippen LogP contribution is 2.23. The fourth-order valence-corrected chi connectivity index (χ4v) is 5.19. The zero-order valence-corrected chi connectivity index (χ0v) is 17.4. The number of halogens is 1. The van der Waals surface area contributed by atoms with E-state index in [1.807, 2.05) is 11.8 Å². The van der Waals surface area contributed by atoms with Gasteiger partial charge in [-0.15, -0.1) is 23.7 Å². The molecule has 6 nitrogen and oxygen atoms in total. The van der Waals surface area contributed by atoms with Gasteiger partial charge in [0.25, 0.3) is 15.9 Å². The van der Waals surface area contributed by atoms with E-state index in [-0.39, 0.29) is 28.6 Å². The molecule has 3 rings (SSSR count). The molecule has 1 aliphatic rings. The smallest absolute Gasteiger partial charge is 0.271 e. The molecule has 1 amide bonds. The van der Waals surface area contributed by atoms with Gasteiger partial charge in [-0.2, -0.15) is 0 Å². The molecule has 2 aromatic rings. The van der Waals surface area contributed by atoms with E-state index in [0.717, 1.165) is 24.2 Å². The number of sulfonamides is 1. The zero-order valence-electron chi connectivity index (χ0n) is 15.0. The van der Waals surface area contributed by atoms with E-state index in [1.165, 1.54) is 0 Å². The van der Waals surface area contributed by atoms with Gasteiger partial charge in [-0.25, -0.2) is 8.42 Å². The van der Waals surface area contributed by atoms with Gasteiger partial charge in [-0.05, 0) is 55.3 Å². The molecule has 1 atom stereocenters. The predicted octanol–water partition coefficient (Wildman–Crippen LogP) is 3.17. The van der Waals surface area contributed by atoms with Crippen LogP contribution in [-0.4, -0.2) is 38.4 Å². The molecule has 0 radical (unpaired) electrons. The summed E-state index contributed by atoms with van der Waals surface area (Å²) in [6.07, 6.45) is 1.79. The molecule has 0 spiro atoms. The first kappa shape index (κ1) is 21.7. The normalized spacial score (nSPS) is 16.4. The van der Waals surface area contributed by atoms with E-state index in [4.69, 9.17) is 5.73 Å². The van der Waals surface area contributed by atoms with Crippen LogP contribution in [-0.2, 0) is 10.0 Å². The summed E-state index contributed by atoms with van der Waals surface area (Å²) in [7, 11) is -3.62. The molecule has 1 aromatic heterocycles. The van der Waals surface area contributed by atoms with Crippen LogP contribution in [0.4, 0.5) is 5.69 Å². The molecular weight excluding hydrogens is 406 g/mol. The highest BCUT2D eigenvalue weighted by molar-refractivity contribution is 7.94. The molecule has 148 valence electrons. The number of piperidine rings is 1. The average molecular weight is 430 g/mol. The number of anilines is 1. The van der Waals surface area contributed by atoms with Crippen molar-refractivity contribution in [2.24, 2.45) is 11.7 Å². The average Bonchev–Trinajstić information content (AvgIpc) is 3.17. The second-order valence-electron chi connectivity index (χ2n) is 6.61. The lowest BCUT2D eigenvalue weighted by Gasteiger charge is -2.33. The third-order valence-corrected chi connectivity index (χ3v) is 7.47. The van der Waals surface area contributed by atoms with Crippen molar-refractivity contribution in [3.8, 4) is 0 Å². The van der Waals surface area contributed by atoms with E-state index < -0.39 is 10.0 Å². The molecule has 1 saturated heterocycles. The van der Waals surface area contributed by atoms with Crippen LogP contribution in [0, 0.1) is 5.92 Å². The molecule has 1 aromatic carbocycles. The molecule has 3 N–H and O–H groups in total. The molecule has 27 heavy (non-hydrogen) atoms. The summed E-state index contributed by atoms with van der Waals surface area (Å²) in [4.78, 5) is 14.6. The van der Waals surface area contributed by atoms with Crippen LogP contribution in [0.2, 0.25) is 0 Å². The van der Waals surface area contributed by atoms with E-state index in [0.29, 0.717) is 30.3 Å². The van der Waals surface area contributed by atoms with E-state index in [1.54, 1.807) is 41.8 Å². The second kappa shape index (κ2) is 9.05. The minimum absolute atomic E-state index is 0. The molecule has 0 saturated carbocycles. The Morgan fingerprint density at radius 2 is 1.96 bits per heavy atom. The number of likely N-dealkylation sites (tertiary alicyclic amines) is 1. The van der Waals surface area contributed by atoms with E-state index in [2.05, 4.69) is 4.72 Å². The number of hydrogen-bond donors (Lipinski definition) is 2. The van der Waals surface area contributed by atoms with E-state index >= 15 is 0 Å². The van der Waals surface area contributed by atoms with Crippen molar-refractivity contribution in [2.45, 2.75) is 30.0 Å². The van der Waals surface area contributed by atoms with Gasteiger partial charge in [0.15, 0.2) is 0 Å². The third kappa shape index (κ3) is 5.22. The van der Waals surface area contributed by atoms with Crippen LogP contribution in [0.3, 0.4) is 0 Å². The first-order valence-electron chi connectivity index (χ1n) is 8.58. The Hall–Kier alpha value is -1.61. The van der Waals surface area contributed by atoms with Gasteiger partial charge in [0.05, 0.1) is 0 Å². The maximum absolute atomic E-state index is 12.7. The lowest BCUT2D eigenvalue weighted by Crippen LogP contribution is -2.42. The number of benzene rings is 1. The van der Waals surface area contributed by atoms with Gasteiger partial charge >= 0.3 is 0 Å². The number of carbonyl (C=O) groups excluding carboxylic acids is 1. The monoisotopic (exact) mass is 429 g/mol. The molecule has 1 unspecified atom stereocenters. The number of nitrogens with one attached hydrogen (secondary N) is 1. The number of nitrogens with two attached hydrogens (primary N) is 1. The summed E-state index contributed by atoms with van der Waals surface area (Å²) < 4.78 is 27.5. The Kier molecular flexibility index (Phi) is 7.27. The standard InChI is InChI=1S/C18H23N3O3S2.ClH/c1-13(19)14-7-9-21(10-8-14)18(22)15-4-2-5-16(12-15)20-26(23,24)17-6-3-11-25-17;/h2-6,11-14,20H,7-10,19H2,1H3;1H. The van der Waals surface area contributed by atoms with Crippen molar-refractivity contribution in [3.05, 3.63) is 47.3 Å². The van der Waals surface area contributed by atoms with E-state index in [9.17, 15) is 13.2 Å². The highest BCUT2D eigenvalue weighted by Gasteiger charge is 2.25. The molecule has 1 aliphatic heterocycles. The summed E-state index contributed by atoms with van der Waals surface area (Å²) in [6, 6.07) is 10.0. The van der Waals surface area contributed by atoms with Crippen molar-refractivity contribution < 1.29 is 13.2 Å². The summed E-state index contributed by atoms with van der Waals surface area (Å²) in [5.74, 6) is 0.369. The van der Waals surface area contributed by atoms with Gasteiger partial charge in [-0.3, -0.25) is 9.52 Å². The van der Waals surface area contributed by atoms with Crippen molar-refractivity contribution in [3.63, 3.8) is 0 Å². The lowest BCUT2D eigenvalue weighted by molar-refractivity contribution is 0.0681. The van der Waals surface area contributed by atoms with Crippen molar-refractivity contribution in [2.75, 3.05) is 17.8 Å². The number of carbonyl (C=O) groups is 1. The van der Waals surface area contributed by atoms with Crippen molar-refractivity contribution >= 4 is 45.4 Å². The number of thiophene rings is 1. The second-order valence-corrected chi connectivity index (χ2v) is 9.46. The maximum Gasteiger partial charge on any atom is 0.271 e. The van der Waals surface area contributed by atoms with Crippen molar-refractivity contribution in [1.29, 1.82) is 0 Å². The maximum atomic E-state index is 12.7. The van der Waals surface area contributed by atoms with Gasteiger partial charge in [0.1, 0.15) is 4.21 Å². The Balaban J connectivity index is 0.00000261. The molecule has 1 fully saturated rings. The fraction of sp³-hybridized carbons (Fsp3) is 0.389. The first-order valence-corrected chi connectivity index (χ1v) is 10.9. The molecule has 0 bridgehead atoms. The van der Waals surface area contributed by atoms with Crippen LogP contribution < -0.4 is 10.5 Å². The van der Waals surface area contributed by atoms with Crippen LogP contribution in [0.15, 0.2) is 46.0 Å². The number of nitrogens with zero attached hydrogens (tertiary/aromatic N) is 1. The third-order valence-electron chi connectivity index (χ3n) is 4.69. The molecule has 0 aliphatic carbocycles. The van der Waals surface area contributed by atoms with Crippen LogP contribution >= 0.6 is 23.7 Å². The highest BCUT2D eigenvalue weighted by atomic mass is 35.5. The Bertz CT molecular complexity index is 862. The SMILES string of the molecule is CC(N)C1CCN(C(=O)c2cccc(NS(=O)(=O)c3cccs3)c2)CC1.Cl. The van der Waals surface area contributed by atoms with Crippen molar-refractivity contribution in [1.82, 2.24) is 4.90 Å². The topological polar surface area (TPSA) is 92.5 Å². The molecule has 2 heterocycles. The quantitative estimate of drug-likeness (QED) is 0.763. The number of amides is 1. The van der Waals surface area contributed by atoms with Gasteiger partial charge < -0.3 is 10.6 Å². The summed E-state index contributed by atoms with van der Waals surface area (Å²) in [5.41, 5.74) is 6.82. The minimum Gasteiger partial charge on any atom is -0.339 e. The fourth-order valence-electron chi connectivity index (χ4n) is 3.15. The van der Waals surface area contributed by atoms with Gasteiger partial charge in [0, 0.05) is 30.4 Å². The number of hydrogen-bond acceptors (Lipinski definition) is 5. The largest absolute Gasteiger partial charge is 0.339 e. The van der Waals surface area contributed by atoms with Crippen LogP contribution in [0.25, 0.3) is 0 Å². The van der Waals surface area contributed by atoms with Crippen LogP contribution in [0.5, 0.6) is 0 Å². The summed E-state index contributed by atoms with van der Waals surface area (Å²) >= 11 is 1.15. The minimum atomic E-state index is -3.62. The van der Waals surface area contributed by atoms with Crippen LogP contribution in [0.1, 0.15) is 30.1 Å². The lowest BCUT2D eigenvalue weighted by atomic mass is 9.90. The van der Waals surface area contributed by atoms with Gasteiger partial charge in [-0.1, -0.05) is 12.1 Å². The summed E-state index contributed by atoms with van der Waals surface area (Å²) in [5, 5.41) is 1.71. The Labute approximate surface area is 170 Å². The molecule has 9 heteroatoms. The Morgan fingerprint density at radius 1 is 1.26 bits per heavy atom. The predicted molar refractivity (Wildman–Crippen MR) is 111 cm³/mol. The Morgan fingerprint density at radius 3 is 2.56 bits per heavy atom. The number of rotatable bonds is 5. The first-order chi connectivity index (χ1) is 12.4.